The van der Waals surface area contributed by atoms with Gasteiger partial charge < -0.3 is 14.7 Å². The minimum Gasteiger partial charge on any atom is -0.465 e. The number of aliphatic hydroxyl groups is 1. The minimum absolute atomic E-state index is 0.0396. The Kier molecular flexibility index (Phi) is 6.47. The van der Waals surface area contributed by atoms with Crippen molar-refractivity contribution in [2.24, 2.45) is 0 Å². The number of esters is 1. The Hall–Kier alpha value is -2.47. The van der Waals surface area contributed by atoms with Crippen molar-refractivity contribution in [1.29, 1.82) is 0 Å². The summed E-state index contributed by atoms with van der Waals surface area (Å²) in [6.45, 7) is 1.95. The number of nitrogens with zero attached hydrogens (tertiary/aromatic N) is 1. The van der Waals surface area contributed by atoms with Gasteiger partial charge in [-0.1, -0.05) is 25.5 Å². The smallest absolute Gasteiger partial charge is 0.337 e. The van der Waals surface area contributed by atoms with Gasteiger partial charge in [0.1, 0.15) is 17.9 Å². The lowest BCUT2D eigenvalue weighted by Crippen LogP contribution is -2.35. The number of hydrogen-bond donors (Lipinski definition) is 1. The monoisotopic (exact) mass is 349 g/mol. The first-order valence-corrected chi connectivity index (χ1v) is 8.03. The van der Waals surface area contributed by atoms with Crippen molar-refractivity contribution in [2.75, 3.05) is 12.0 Å². The Morgan fingerprint density at radius 3 is 2.60 bits per heavy atom. The number of anilines is 1. The van der Waals surface area contributed by atoms with Crippen molar-refractivity contribution in [2.45, 2.75) is 32.5 Å². The summed E-state index contributed by atoms with van der Waals surface area (Å²) >= 11 is 0. The molecule has 0 aromatic heterocycles. The van der Waals surface area contributed by atoms with Crippen LogP contribution in [0, 0.1) is 11.6 Å². The largest absolute Gasteiger partial charge is 0.465 e. The van der Waals surface area contributed by atoms with Crippen molar-refractivity contribution in [3.63, 3.8) is 0 Å². The Morgan fingerprint density at radius 2 is 2.00 bits per heavy atom. The fourth-order valence-corrected chi connectivity index (χ4v) is 2.54. The van der Waals surface area contributed by atoms with Gasteiger partial charge in [0.25, 0.3) is 0 Å². The molecule has 134 valence electrons. The highest BCUT2D eigenvalue weighted by molar-refractivity contribution is 5.89. The topological polar surface area (TPSA) is 49.8 Å². The number of rotatable bonds is 7. The van der Waals surface area contributed by atoms with Gasteiger partial charge in [-0.2, -0.15) is 0 Å². The molecule has 0 amide bonds. The van der Waals surface area contributed by atoms with Crippen LogP contribution >= 0.6 is 0 Å². The van der Waals surface area contributed by atoms with Gasteiger partial charge in [0.05, 0.1) is 12.7 Å². The molecule has 1 N–H and O–H groups in total. The van der Waals surface area contributed by atoms with E-state index in [2.05, 4.69) is 4.74 Å². The quantitative estimate of drug-likeness (QED) is 0.609. The van der Waals surface area contributed by atoms with Gasteiger partial charge in [-0.05, 0) is 36.8 Å². The zero-order valence-electron chi connectivity index (χ0n) is 14.2. The summed E-state index contributed by atoms with van der Waals surface area (Å²) in [6.07, 6.45) is 0.293. The number of halogens is 2. The summed E-state index contributed by atoms with van der Waals surface area (Å²) in [5.74, 6) is -1.65. The van der Waals surface area contributed by atoms with E-state index >= 15 is 0 Å². The molecular formula is C19H21F2NO3. The predicted molar refractivity (Wildman–Crippen MR) is 91.2 cm³/mol. The summed E-state index contributed by atoms with van der Waals surface area (Å²) in [6, 6.07) is 9.80. The van der Waals surface area contributed by atoms with E-state index in [1.54, 1.807) is 6.07 Å². The number of aliphatic hydroxyl groups excluding tert-OH is 1. The second kappa shape index (κ2) is 8.58. The lowest BCUT2D eigenvalue weighted by Gasteiger charge is -2.30. The molecule has 0 radical (unpaired) electrons. The first-order chi connectivity index (χ1) is 12.0. The van der Waals surface area contributed by atoms with Gasteiger partial charge in [-0.3, -0.25) is 0 Å². The van der Waals surface area contributed by atoms with Gasteiger partial charge in [-0.25, -0.2) is 13.6 Å². The molecule has 6 heteroatoms. The van der Waals surface area contributed by atoms with Gasteiger partial charge in [0, 0.05) is 17.8 Å². The lowest BCUT2D eigenvalue weighted by atomic mass is 10.1. The Labute approximate surface area is 145 Å². The normalized spacial score (nSPS) is 11.9. The fourth-order valence-electron chi connectivity index (χ4n) is 2.54. The molecule has 2 aromatic carbocycles. The van der Waals surface area contributed by atoms with Crippen molar-refractivity contribution in [3.05, 3.63) is 65.2 Å². The third kappa shape index (κ3) is 4.76. The van der Waals surface area contributed by atoms with E-state index in [1.807, 2.05) is 6.92 Å². The molecule has 0 spiro atoms. The first kappa shape index (κ1) is 18.9. The molecule has 0 bridgehead atoms. The zero-order chi connectivity index (χ0) is 18.4. The third-order valence-electron chi connectivity index (χ3n) is 3.86. The number of benzene rings is 2. The third-order valence-corrected chi connectivity index (χ3v) is 3.86. The number of methoxy groups -OCH3 is 1. The molecule has 0 saturated carbocycles. The van der Waals surface area contributed by atoms with Crippen LogP contribution in [0.1, 0.15) is 35.7 Å². The van der Waals surface area contributed by atoms with Crippen LogP contribution in [0.5, 0.6) is 0 Å². The van der Waals surface area contributed by atoms with E-state index in [0.717, 1.165) is 12.5 Å². The van der Waals surface area contributed by atoms with Crippen molar-refractivity contribution >= 4 is 11.7 Å². The molecule has 0 fully saturated rings. The highest BCUT2D eigenvalue weighted by Gasteiger charge is 2.19. The van der Waals surface area contributed by atoms with E-state index < -0.39 is 23.8 Å². The molecule has 0 aliphatic carbocycles. The molecular weight excluding hydrogens is 328 g/mol. The maximum absolute atomic E-state index is 14.4. The fraction of sp³-hybridized carbons (Fsp3) is 0.316. The van der Waals surface area contributed by atoms with Crippen LogP contribution in [0.15, 0.2) is 42.5 Å². The number of ether oxygens (including phenoxy) is 1. The van der Waals surface area contributed by atoms with E-state index in [1.165, 1.54) is 42.3 Å². The van der Waals surface area contributed by atoms with E-state index in [9.17, 15) is 18.7 Å². The van der Waals surface area contributed by atoms with Crippen LogP contribution in [0.25, 0.3) is 0 Å². The Morgan fingerprint density at radius 1 is 1.24 bits per heavy atom. The van der Waals surface area contributed by atoms with E-state index in [0.29, 0.717) is 12.1 Å². The highest BCUT2D eigenvalue weighted by Crippen LogP contribution is 2.23. The van der Waals surface area contributed by atoms with Crippen LogP contribution in [-0.4, -0.2) is 24.4 Å². The maximum atomic E-state index is 14.4. The van der Waals surface area contributed by atoms with Crippen molar-refractivity contribution < 1.29 is 23.4 Å². The average Bonchev–Trinajstić information content (AvgIpc) is 2.60. The SMILES string of the molecule is CCCC(O)N(Cc1ccc(C(=O)OC)cc1F)c1cccc(F)c1. The maximum Gasteiger partial charge on any atom is 0.337 e. The molecule has 0 aliphatic rings. The molecule has 4 nitrogen and oxygen atoms in total. The molecule has 25 heavy (non-hydrogen) atoms. The molecule has 0 aliphatic heterocycles. The zero-order valence-corrected chi connectivity index (χ0v) is 14.2. The van der Waals surface area contributed by atoms with Crippen molar-refractivity contribution in [3.8, 4) is 0 Å². The van der Waals surface area contributed by atoms with E-state index in [-0.39, 0.29) is 17.7 Å². The Bertz CT molecular complexity index is 736. The van der Waals surface area contributed by atoms with Crippen LogP contribution in [0.2, 0.25) is 0 Å². The van der Waals surface area contributed by atoms with Gasteiger partial charge in [0.2, 0.25) is 0 Å². The molecule has 2 aromatic rings. The molecule has 0 heterocycles. The Balaban J connectivity index is 2.32. The van der Waals surface area contributed by atoms with Crippen molar-refractivity contribution in [1.82, 2.24) is 0 Å². The summed E-state index contributed by atoms with van der Waals surface area (Å²) in [5.41, 5.74) is 0.847. The van der Waals surface area contributed by atoms with Crippen LogP contribution in [0.4, 0.5) is 14.5 Å². The predicted octanol–water partition coefficient (Wildman–Crippen LogP) is 3.88. The lowest BCUT2D eigenvalue weighted by molar-refractivity contribution is 0.0600. The second-order valence-corrected chi connectivity index (χ2v) is 5.67. The standard InChI is InChI=1S/C19H21F2NO3/c1-3-5-18(23)22(16-7-4-6-15(20)11-16)12-14-9-8-13(10-17(14)21)19(24)25-2/h4,6-11,18,23H,3,5,12H2,1-2H3. The molecule has 1 unspecified atom stereocenters. The molecule has 1 atom stereocenters. The summed E-state index contributed by atoms with van der Waals surface area (Å²) in [7, 11) is 1.22. The number of hydrogen-bond acceptors (Lipinski definition) is 4. The first-order valence-electron chi connectivity index (χ1n) is 8.03. The van der Waals surface area contributed by atoms with Gasteiger partial charge in [-0.15, -0.1) is 0 Å². The van der Waals surface area contributed by atoms with E-state index in [4.69, 9.17) is 0 Å². The summed E-state index contributed by atoms with van der Waals surface area (Å²) in [4.78, 5) is 13.0. The second-order valence-electron chi connectivity index (χ2n) is 5.67. The van der Waals surface area contributed by atoms with Gasteiger partial charge in [0.15, 0.2) is 0 Å². The summed E-state index contributed by atoms with van der Waals surface area (Å²) in [5, 5.41) is 10.4. The molecule has 2 rings (SSSR count). The number of carbonyl (C=O) groups is 1. The summed E-state index contributed by atoms with van der Waals surface area (Å²) < 4.78 is 32.5. The van der Waals surface area contributed by atoms with Crippen LogP contribution < -0.4 is 4.90 Å². The van der Waals surface area contributed by atoms with Crippen LogP contribution in [-0.2, 0) is 11.3 Å². The molecule has 0 saturated heterocycles. The number of carbonyl (C=O) groups excluding carboxylic acids is 1. The van der Waals surface area contributed by atoms with Crippen LogP contribution in [0.3, 0.4) is 0 Å². The minimum atomic E-state index is -0.883. The van der Waals surface area contributed by atoms with Gasteiger partial charge >= 0.3 is 5.97 Å². The average molecular weight is 349 g/mol. The highest BCUT2D eigenvalue weighted by atomic mass is 19.1.